The highest BCUT2D eigenvalue weighted by Gasteiger charge is 2.05. The minimum atomic E-state index is -0.411. The van der Waals surface area contributed by atoms with Crippen LogP contribution in [0.15, 0.2) is 28.2 Å². The molecule has 0 saturated heterocycles. The molecule has 0 fully saturated rings. The summed E-state index contributed by atoms with van der Waals surface area (Å²) in [6.45, 7) is 4.83. The van der Waals surface area contributed by atoms with Crippen molar-refractivity contribution < 1.29 is 0 Å². The predicted octanol–water partition coefficient (Wildman–Crippen LogP) is 0.110. The Kier molecular flexibility index (Phi) is 2.95. The maximum absolute atomic E-state index is 11.6. The fraction of sp³-hybridized carbons (Fsp3) is 0.364. The Labute approximate surface area is 97.6 Å². The number of H-pyrrole nitrogens is 1. The van der Waals surface area contributed by atoms with Gasteiger partial charge in [0.25, 0.3) is 5.56 Å². The summed E-state index contributed by atoms with van der Waals surface area (Å²) >= 11 is 0. The van der Waals surface area contributed by atoms with E-state index in [1.807, 2.05) is 17.7 Å². The molecule has 90 valence electrons. The van der Waals surface area contributed by atoms with Crippen LogP contribution in [0.3, 0.4) is 0 Å². The van der Waals surface area contributed by atoms with Gasteiger partial charge in [0.2, 0.25) is 0 Å². The van der Waals surface area contributed by atoms with E-state index < -0.39 is 5.69 Å². The number of aromatic nitrogens is 4. The van der Waals surface area contributed by atoms with Crippen molar-refractivity contribution in [3.05, 3.63) is 50.8 Å². The maximum atomic E-state index is 11.6. The molecule has 0 saturated carbocycles. The molecule has 2 rings (SSSR count). The molecule has 0 amide bonds. The molecule has 0 aliphatic carbocycles. The van der Waals surface area contributed by atoms with Gasteiger partial charge in [-0.1, -0.05) is 0 Å². The van der Waals surface area contributed by atoms with Crippen LogP contribution in [-0.2, 0) is 13.1 Å². The van der Waals surface area contributed by atoms with Gasteiger partial charge in [-0.2, -0.15) is 0 Å². The van der Waals surface area contributed by atoms with Crippen molar-refractivity contribution in [2.75, 3.05) is 0 Å². The molecule has 6 nitrogen and oxygen atoms in total. The van der Waals surface area contributed by atoms with Crippen molar-refractivity contribution in [1.82, 2.24) is 19.1 Å². The van der Waals surface area contributed by atoms with Crippen LogP contribution in [-0.4, -0.2) is 19.1 Å². The first-order valence-electron chi connectivity index (χ1n) is 5.42. The molecule has 0 atom stereocenters. The zero-order chi connectivity index (χ0) is 12.4. The molecule has 0 bridgehead atoms. The highest BCUT2D eigenvalue weighted by molar-refractivity contribution is 5.03. The molecule has 2 aromatic rings. The van der Waals surface area contributed by atoms with Crippen molar-refractivity contribution >= 4 is 0 Å². The molecule has 0 aromatic carbocycles. The van der Waals surface area contributed by atoms with Crippen LogP contribution in [0.5, 0.6) is 0 Å². The average Bonchev–Trinajstić information content (AvgIpc) is 2.73. The fourth-order valence-electron chi connectivity index (χ4n) is 1.67. The van der Waals surface area contributed by atoms with Gasteiger partial charge < -0.3 is 4.57 Å². The summed E-state index contributed by atoms with van der Waals surface area (Å²) in [6, 6.07) is 0. The van der Waals surface area contributed by atoms with E-state index in [2.05, 4.69) is 9.97 Å². The van der Waals surface area contributed by atoms with Crippen molar-refractivity contribution in [3.63, 3.8) is 0 Å². The summed E-state index contributed by atoms with van der Waals surface area (Å²) in [7, 11) is 0. The summed E-state index contributed by atoms with van der Waals surface area (Å²) in [5, 5.41) is 0. The Hall–Kier alpha value is -2.11. The van der Waals surface area contributed by atoms with Gasteiger partial charge in [-0.25, -0.2) is 9.78 Å². The standard InChI is InChI=1S/C11H14N4O2/c1-3-14-5-4-12-9(14)7-15-6-8(2)10(16)13-11(15)17/h4-6H,3,7H2,1-2H3,(H,13,16,17). The van der Waals surface area contributed by atoms with Gasteiger partial charge in [-0.05, 0) is 13.8 Å². The molecule has 0 spiro atoms. The van der Waals surface area contributed by atoms with Crippen molar-refractivity contribution in [2.45, 2.75) is 26.9 Å². The van der Waals surface area contributed by atoms with Crippen LogP contribution >= 0.6 is 0 Å². The lowest BCUT2D eigenvalue weighted by molar-refractivity contribution is 0.624. The fourth-order valence-corrected chi connectivity index (χ4v) is 1.67. The van der Waals surface area contributed by atoms with Gasteiger partial charge in [-0.3, -0.25) is 14.3 Å². The maximum Gasteiger partial charge on any atom is 0.328 e. The minimum absolute atomic E-state index is 0.343. The monoisotopic (exact) mass is 234 g/mol. The molecule has 6 heteroatoms. The number of hydrogen-bond acceptors (Lipinski definition) is 3. The molecular weight excluding hydrogens is 220 g/mol. The Bertz CT molecular complexity index is 635. The second-order valence-corrected chi connectivity index (χ2v) is 3.83. The molecule has 17 heavy (non-hydrogen) atoms. The van der Waals surface area contributed by atoms with E-state index in [0.717, 1.165) is 12.4 Å². The minimum Gasteiger partial charge on any atom is -0.334 e. The van der Waals surface area contributed by atoms with Crippen molar-refractivity contribution in [2.24, 2.45) is 0 Å². The van der Waals surface area contributed by atoms with Crippen LogP contribution in [0.2, 0.25) is 0 Å². The highest BCUT2D eigenvalue weighted by atomic mass is 16.2. The molecular formula is C11H14N4O2. The topological polar surface area (TPSA) is 72.7 Å². The third kappa shape index (κ3) is 2.20. The summed E-state index contributed by atoms with van der Waals surface area (Å²) < 4.78 is 3.40. The molecule has 0 unspecified atom stereocenters. The number of nitrogens with one attached hydrogen (secondary N) is 1. The second-order valence-electron chi connectivity index (χ2n) is 3.83. The van der Waals surface area contributed by atoms with E-state index >= 15 is 0 Å². The van der Waals surface area contributed by atoms with E-state index in [0.29, 0.717) is 12.1 Å². The first-order valence-corrected chi connectivity index (χ1v) is 5.42. The van der Waals surface area contributed by atoms with E-state index in [1.165, 1.54) is 4.57 Å². The summed E-state index contributed by atoms with van der Waals surface area (Å²) in [6.07, 6.45) is 5.11. The van der Waals surface area contributed by atoms with E-state index in [4.69, 9.17) is 0 Å². The lowest BCUT2D eigenvalue weighted by atomic mass is 10.4. The lowest BCUT2D eigenvalue weighted by Crippen LogP contribution is -2.31. The first kappa shape index (κ1) is 11.4. The smallest absolute Gasteiger partial charge is 0.328 e. The molecule has 0 aliphatic heterocycles. The predicted molar refractivity (Wildman–Crippen MR) is 63.1 cm³/mol. The van der Waals surface area contributed by atoms with Crippen LogP contribution in [0.1, 0.15) is 18.3 Å². The van der Waals surface area contributed by atoms with Crippen LogP contribution in [0.4, 0.5) is 0 Å². The van der Waals surface area contributed by atoms with Gasteiger partial charge in [0.05, 0.1) is 6.54 Å². The quantitative estimate of drug-likeness (QED) is 0.819. The zero-order valence-corrected chi connectivity index (χ0v) is 9.80. The van der Waals surface area contributed by atoms with Gasteiger partial charge in [0.1, 0.15) is 5.82 Å². The van der Waals surface area contributed by atoms with Crippen LogP contribution in [0, 0.1) is 6.92 Å². The molecule has 2 aromatic heterocycles. The van der Waals surface area contributed by atoms with Gasteiger partial charge in [0, 0.05) is 30.7 Å². The second kappa shape index (κ2) is 4.40. The number of nitrogens with zero attached hydrogens (tertiary/aromatic N) is 3. The lowest BCUT2D eigenvalue weighted by Gasteiger charge is -2.07. The van der Waals surface area contributed by atoms with E-state index in [-0.39, 0.29) is 5.56 Å². The normalized spacial score (nSPS) is 10.7. The molecule has 0 aliphatic rings. The first-order chi connectivity index (χ1) is 8.11. The SMILES string of the molecule is CCn1ccnc1Cn1cc(C)c(=O)[nH]c1=O. The van der Waals surface area contributed by atoms with E-state index in [9.17, 15) is 9.59 Å². The summed E-state index contributed by atoms with van der Waals surface area (Å²) in [5.74, 6) is 0.793. The Morgan fingerprint density at radius 3 is 2.82 bits per heavy atom. The molecule has 1 N–H and O–H groups in total. The number of hydrogen-bond donors (Lipinski definition) is 1. The van der Waals surface area contributed by atoms with Crippen molar-refractivity contribution in [1.29, 1.82) is 0 Å². The van der Waals surface area contributed by atoms with Crippen molar-refractivity contribution in [3.8, 4) is 0 Å². The largest absolute Gasteiger partial charge is 0.334 e. The number of rotatable bonds is 3. The average molecular weight is 234 g/mol. The Balaban J connectivity index is 2.40. The number of aromatic amines is 1. The Morgan fingerprint density at radius 2 is 2.12 bits per heavy atom. The third-order valence-corrected chi connectivity index (χ3v) is 2.64. The van der Waals surface area contributed by atoms with Gasteiger partial charge >= 0.3 is 5.69 Å². The van der Waals surface area contributed by atoms with Gasteiger partial charge in [0.15, 0.2) is 0 Å². The number of imidazole rings is 1. The Morgan fingerprint density at radius 1 is 1.35 bits per heavy atom. The van der Waals surface area contributed by atoms with Crippen LogP contribution < -0.4 is 11.2 Å². The molecule has 2 heterocycles. The third-order valence-electron chi connectivity index (χ3n) is 2.64. The summed E-state index contributed by atoms with van der Waals surface area (Å²) in [5.41, 5.74) is -0.240. The molecule has 0 radical (unpaired) electrons. The summed E-state index contributed by atoms with van der Waals surface area (Å²) in [4.78, 5) is 29.3. The van der Waals surface area contributed by atoms with E-state index in [1.54, 1.807) is 19.3 Å². The zero-order valence-electron chi connectivity index (χ0n) is 9.80. The van der Waals surface area contributed by atoms with Crippen LogP contribution in [0.25, 0.3) is 0 Å². The van der Waals surface area contributed by atoms with Gasteiger partial charge in [-0.15, -0.1) is 0 Å². The highest BCUT2D eigenvalue weighted by Crippen LogP contribution is 1.99. The number of aryl methyl sites for hydroxylation is 2.